The van der Waals surface area contributed by atoms with E-state index in [4.69, 9.17) is 4.52 Å². The number of amides is 1. The van der Waals surface area contributed by atoms with Crippen LogP contribution in [0.1, 0.15) is 40.6 Å². The predicted octanol–water partition coefficient (Wildman–Crippen LogP) is 3.88. The summed E-state index contributed by atoms with van der Waals surface area (Å²) in [5, 5.41) is 4.11. The highest BCUT2D eigenvalue weighted by molar-refractivity contribution is 5.94. The summed E-state index contributed by atoms with van der Waals surface area (Å²) in [4.78, 5) is 21.5. The summed E-state index contributed by atoms with van der Waals surface area (Å²) in [6.45, 7) is 5.13. The molecule has 2 aliphatic rings. The van der Waals surface area contributed by atoms with Crippen LogP contribution in [-0.4, -0.2) is 47.1 Å². The Bertz CT molecular complexity index is 998. The summed E-state index contributed by atoms with van der Waals surface area (Å²) in [6.07, 6.45) is 2.30. The minimum absolute atomic E-state index is 0.114. The Labute approximate surface area is 170 Å². The number of carbonyl (C=O) groups excluding carboxylic acids is 1. The normalized spacial score (nSPS) is 16.9. The molecule has 6 heteroatoms. The van der Waals surface area contributed by atoms with Crippen LogP contribution in [0.25, 0.3) is 11.4 Å². The lowest BCUT2D eigenvalue weighted by atomic mass is 10.1. The molecular weight excluding hydrogens is 364 g/mol. The van der Waals surface area contributed by atoms with E-state index in [0.717, 1.165) is 61.7 Å². The van der Waals surface area contributed by atoms with Crippen LogP contribution in [0.3, 0.4) is 0 Å². The first-order valence-electron chi connectivity index (χ1n) is 10.2. The molecule has 0 radical (unpaired) electrons. The van der Waals surface area contributed by atoms with E-state index in [1.807, 2.05) is 48.2 Å². The Morgan fingerprint density at radius 3 is 2.31 bits per heavy atom. The molecule has 6 nitrogen and oxygen atoms in total. The van der Waals surface area contributed by atoms with Crippen LogP contribution in [0.15, 0.2) is 53.1 Å². The fourth-order valence-corrected chi connectivity index (χ4v) is 3.72. The molecule has 1 aliphatic carbocycles. The second-order valence-electron chi connectivity index (χ2n) is 7.92. The van der Waals surface area contributed by atoms with Crippen molar-refractivity contribution in [1.29, 1.82) is 0 Å². The van der Waals surface area contributed by atoms with Gasteiger partial charge in [0.2, 0.25) is 11.7 Å². The number of rotatable bonds is 4. The quantitative estimate of drug-likeness (QED) is 0.679. The van der Waals surface area contributed by atoms with E-state index >= 15 is 0 Å². The van der Waals surface area contributed by atoms with Crippen LogP contribution < -0.4 is 4.90 Å². The zero-order valence-electron chi connectivity index (χ0n) is 16.5. The molecule has 0 spiro atoms. The van der Waals surface area contributed by atoms with Crippen molar-refractivity contribution in [3.63, 3.8) is 0 Å². The Kier molecular flexibility index (Phi) is 4.54. The number of aryl methyl sites for hydroxylation is 1. The van der Waals surface area contributed by atoms with Crippen LogP contribution in [-0.2, 0) is 0 Å². The van der Waals surface area contributed by atoms with Gasteiger partial charge in [0.25, 0.3) is 5.91 Å². The molecular formula is C23H24N4O2. The summed E-state index contributed by atoms with van der Waals surface area (Å²) < 4.78 is 5.36. The molecule has 1 aromatic heterocycles. The highest BCUT2D eigenvalue weighted by atomic mass is 16.5. The van der Waals surface area contributed by atoms with Gasteiger partial charge in [-0.25, -0.2) is 0 Å². The molecule has 1 saturated carbocycles. The minimum atomic E-state index is 0.114. The van der Waals surface area contributed by atoms with Gasteiger partial charge in [0, 0.05) is 48.9 Å². The number of carbonyl (C=O) groups is 1. The Morgan fingerprint density at radius 1 is 0.966 bits per heavy atom. The van der Waals surface area contributed by atoms with Gasteiger partial charge in [0.15, 0.2) is 0 Å². The lowest BCUT2D eigenvalue weighted by molar-refractivity contribution is 0.0747. The van der Waals surface area contributed by atoms with Crippen LogP contribution in [0.4, 0.5) is 5.69 Å². The maximum Gasteiger partial charge on any atom is 0.253 e. The molecule has 29 heavy (non-hydrogen) atoms. The first-order chi connectivity index (χ1) is 14.2. The van der Waals surface area contributed by atoms with Crippen molar-refractivity contribution in [2.24, 2.45) is 0 Å². The molecule has 3 aromatic rings. The Balaban J connectivity index is 1.21. The van der Waals surface area contributed by atoms with Gasteiger partial charge < -0.3 is 14.3 Å². The number of aromatic nitrogens is 2. The summed E-state index contributed by atoms with van der Waals surface area (Å²) in [5.74, 6) is 2.00. The monoisotopic (exact) mass is 388 g/mol. The highest BCUT2D eigenvalue weighted by Crippen LogP contribution is 2.39. The van der Waals surface area contributed by atoms with Crippen LogP contribution in [0.2, 0.25) is 0 Å². The molecule has 148 valence electrons. The topological polar surface area (TPSA) is 62.5 Å². The average Bonchev–Trinajstić information content (AvgIpc) is 3.51. The van der Waals surface area contributed by atoms with E-state index in [2.05, 4.69) is 27.2 Å². The molecule has 2 fully saturated rings. The SMILES string of the molecule is Cc1ccc(C(=O)N2CCN(c3ccc(-c4noc(C5CC5)n4)cc3)CC2)cc1. The smallest absolute Gasteiger partial charge is 0.253 e. The molecule has 1 aliphatic heterocycles. The number of nitrogens with zero attached hydrogens (tertiary/aromatic N) is 4. The van der Waals surface area contributed by atoms with Gasteiger partial charge in [0.05, 0.1) is 0 Å². The molecule has 2 aromatic carbocycles. The maximum absolute atomic E-state index is 12.7. The van der Waals surface area contributed by atoms with Gasteiger partial charge in [-0.15, -0.1) is 0 Å². The summed E-state index contributed by atoms with van der Waals surface area (Å²) in [7, 11) is 0. The van der Waals surface area contributed by atoms with E-state index < -0.39 is 0 Å². The first kappa shape index (κ1) is 17.9. The van der Waals surface area contributed by atoms with Gasteiger partial charge in [-0.2, -0.15) is 4.98 Å². The zero-order valence-corrected chi connectivity index (χ0v) is 16.5. The summed E-state index contributed by atoms with van der Waals surface area (Å²) in [6, 6.07) is 16.1. The third kappa shape index (κ3) is 3.75. The minimum Gasteiger partial charge on any atom is -0.368 e. The molecule has 1 saturated heterocycles. The van der Waals surface area contributed by atoms with Crippen LogP contribution in [0.5, 0.6) is 0 Å². The van der Waals surface area contributed by atoms with Crippen molar-refractivity contribution in [3.05, 3.63) is 65.5 Å². The lowest BCUT2D eigenvalue weighted by Crippen LogP contribution is -2.48. The number of hydrogen-bond donors (Lipinski definition) is 0. The number of hydrogen-bond acceptors (Lipinski definition) is 5. The van der Waals surface area contributed by atoms with Crippen molar-refractivity contribution >= 4 is 11.6 Å². The zero-order chi connectivity index (χ0) is 19.8. The average molecular weight is 388 g/mol. The lowest BCUT2D eigenvalue weighted by Gasteiger charge is -2.36. The molecule has 0 N–H and O–H groups in total. The summed E-state index contributed by atoms with van der Waals surface area (Å²) >= 11 is 0. The van der Waals surface area contributed by atoms with E-state index in [1.54, 1.807) is 0 Å². The van der Waals surface area contributed by atoms with Crippen molar-refractivity contribution in [2.75, 3.05) is 31.1 Å². The number of benzene rings is 2. The van der Waals surface area contributed by atoms with Crippen molar-refractivity contribution in [2.45, 2.75) is 25.7 Å². The molecule has 0 bridgehead atoms. The molecule has 2 heterocycles. The van der Waals surface area contributed by atoms with Gasteiger partial charge >= 0.3 is 0 Å². The van der Waals surface area contributed by atoms with Crippen molar-refractivity contribution in [1.82, 2.24) is 15.0 Å². The highest BCUT2D eigenvalue weighted by Gasteiger charge is 2.29. The molecule has 0 atom stereocenters. The fraction of sp³-hybridized carbons (Fsp3) is 0.348. The van der Waals surface area contributed by atoms with Gasteiger partial charge in [-0.3, -0.25) is 4.79 Å². The van der Waals surface area contributed by atoms with Crippen LogP contribution >= 0.6 is 0 Å². The standard InChI is InChI=1S/C23H24N4O2/c1-16-2-4-19(5-3-16)23(28)27-14-12-26(13-15-27)20-10-8-17(9-11-20)21-24-22(29-25-21)18-6-7-18/h2-5,8-11,18H,6-7,12-15H2,1H3. The predicted molar refractivity (Wildman–Crippen MR) is 111 cm³/mol. The van der Waals surface area contributed by atoms with Crippen molar-refractivity contribution in [3.8, 4) is 11.4 Å². The second-order valence-corrected chi connectivity index (χ2v) is 7.92. The third-order valence-corrected chi connectivity index (χ3v) is 5.72. The number of piperazine rings is 1. The summed E-state index contributed by atoms with van der Waals surface area (Å²) in [5.41, 5.74) is 4.05. The van der Waals surface area contributed by atoms with Gasteiger partial charge in [-0.1, -0.05) is 22.9 Å². The van der Waals surface area contributed by atoms with E-state index in [-0.39, 0.29) is 5.91 Å². The molecule has 0 unspecified atom stereocenters. The van der Waals surface area contributed by atoms with E-state index in [9.17, 15) is 4.79 Å². The van der Waals surface area contributed by atoms with Crippen molar-refractivity contribution < 1.29 is 9.32 Å². The molecule has 1 amide bonds. The second kappa shape index (κ2) is 7.35. The maximum atomic E-state index is 12.7. The third-order valence-electron chi connectivity index (χ3n) is 5.72. The Morgan fingerprint density at radius 2 is 1.66 bits per heavy atom. The number of anilines is 1. The first-order valence-corrected chi connectivity index (χ1v) is 10.2. The fourth-order valence-electron chi connectivity index (χ4n) is 3.72. The van der Waals surface area contributed by atoms with Gasteiger partial charge in [-0.05, 0) is 56.2 Å². The largest absolute Gasteiger partial charge is 0.368 e. The van der Waals surface area contributed by atoms with Gasteiger partial charge in [0.1, 0.15) is 0 Å². The van der Waals surface area contributed by atoms with E-state index in [0.29, 0.717) is 11.7 Å². The van der Waals surface area contributed by atoms with E-state index in [1.165, 1.54) is 5.56 Å². The molecule has 5 rings (SSSR count). The Hall–Kier alpha value is -3.15. The van der Waals surface area contributed by atoms with Crippen LogP contribution in [0, 0.1) is 6.92 Å².